The molecule has 1 spiro atoms. The van der Waals surface area contributed by atoms with E-state index in [9.17, 15) is 4.79 Å². The minimum atomic E-state index is 0.0357. The van der Waals surface area contributed by atoms with Crippen LogP contribution in [0.15, 0.2) is 24.4 Å². The van der Waals surface area contributed by atoms with Gasteiger partial charge in [-0.25, -0.2) is 0 Å². The normalized spacial score (nSPS) is 22.8. The number of likely N-dealkylation sites (tertiary alicyclic amines) is 1. The van der Waals surface area contributed by atoms with E-state index in [0.717, 1.165) is 57.4 Å². The average Bonchev–Trinajstić information content (AvgIpc) is 3.04. The van der Waals surface area contributed by atoms with Gasteiger partial charge < -0.3 is 10.1 Å². The summed E-state index contributed by atoms with van der Waals surface area (Å²) in [6.07, 6.45) is 7.96. The summed E-state index contributed by atoms with van der Waals surface area (Å²) in [7, 11) is 0. The van der Waals surface area contributed by atoms with Crippen molar-refractivity contribution >= 4 is 5.91 Å². The van der Waals surface area contributed by atoms with E-state index in [2.05, 4.69) is 35.1 Å². The van der Waals surface area contributed by atoms with Crippen molar-refractivity contribution < 1.29 is 9.53 Å². The van der Waals surface area contributed by atoms with Crippen LogP contribution in [0.4, 0.5) is 0 Å². The molecule has 1 aromatic heterocycles. The van der Waals surface area contributed by atoms with E-state index < -0.39 is 0 Å². The summed E-state index contributed by atoms with van der Waals surface area (Å²) in [5.41, 5.74) is 1.17. The van der Waals surface area contributed by atoms with Gasteiger partial charge in [0.05, 0.1) is 17.4 Å². The van der Waals surface area contributed by atoms with Gasteiger partial charge in [0.1, 0.15) is 0 Å². The number of aromatic nitrogens is 1. The van der Waals surface area contributed by atoms with E-state index in [1.54, 1.807) is 0 Å². The molecule has 2 aliphatic heterocycles. The first-order valence-corrected chi connectivity index (χ1v) is 10.1. The lowest BCUT2D eigenvalue weighted by Gasteiger charge is -2.39. The molecule has 26 heavy (non-hydrogen) atoms. The summed E-state index contributed by atoms with van der Waals surface area (Å²) in [6.45, 7) is 8.01. The molecule has 1 atom stereocenters. The maximum Gasteiger partial charge on any atom is 0.220 e. The minimum absolute atomic E-state index is 0.0357. The fourth-order valence-corrected chi connectivity index (χ4v) is 3.98. The Morgan fingerprint density at radius 1 is 1.35 bits per heavy atom. The molecule has 3 heterocycles. The maximum atomic E-state index is 11.9. The third-order valence-electron chi connectivity index (χ3n) is 5.69. The van der Waals surface area contributed by atoms with Crippen LogP contribution in [0.3, 0.4) is 0 Å². The number of nitrogens with one attached hydrogen (secondary N) is 1. The van der Waals surface area contributed by atoms with Crippen molar-refractivity contribution in [2.45, 2.75) is 70.6 Å². The quantitative estimate of drug-likeness (QED) is 0.812. The Morgan fingerprint density at radius 2 is 2.15 bits per heavy atom. The Hall–Kier alpha value is -1.46. The number of rotatable bonds is 7. The van der Waals surface area contributed by atoms with Crippen LogP contribution in [0.2, 0.25) is 0 Å². The van der Waals surface area contributed by atoms with Gasteiger partial charge >= 0.3 is 0 Å². The van der Waals surface area contributed by atoms with Gasteiger partial charge in [-0.15, -0.1) is 0 Å². The lowest BCUT2D eigenvalue weighted by Crippen LogP contribution is -2.45. The molecular formula is C21H33N3O2. The monoisotopic (exact) mass is 359 g/mol. The summed E-state index contributed by atoms with van der Waals surface area (Å²) in [4.78, 5) is 18.8. The Kier molecular flexibility index (Phi) is 6.65. The van der Waals surface area contributed by atoms with Crippen molar-refractivity contribution in [1.29, 1.82) is 0 Å². The van der Waals surface area contributed by atoms with Crippen LogP contribution in [0.5, 0.6) is 0 Å². The summed E-state index contributed by atoms with van der Waals surface area (Å²) in [5, 5.41) is 3.06. The first-order chi connectivity index (χ1) is 12.5. The molecule has 1 amide bonds. The van der Waals surface area contributed by atoms with Crippen LogP contribution in [0, 0.1) is 5.92 Å². The molecule has 5 heteroatoms. The second kappa shape index (κ2) is 8.96. The Balaban J connectivity index is 1.38. The summed E-state index contributed by atoms with van der Waals surface area (Å²) in [6, 6.07) is 6.10. The predicted octanol–water partition coefficient (Wildman–Crippen LogP) is 3.15. The van der Waals surface area contributed by atoms with E-state index in [1.165, 1.54) is 0 Å². The molecule has 2 aliphatic rings. The largest absolute Gasteiger partial charge is 0.370 e. The van der Waals surface area contributed by atoms with Crippen LogP contribution in [-0.2, 0) is 16.1 Å². The Morgan fingerprint density at radius 3 is 2.85 bits per heavy atom. The molecule has 5 nitrogen and oxygen atoms in total. The molecule has 0 radical (unpaired) electrons. The van der Waals surface area contributed by atoms with E-state index in [4.69, 9.17) is 4.74 Å². The van der Waals surface area contributed by atoms with Crippen LogP contribution in [0.25, 0.3) is 0 Å². The minimum Gasteiger partial charge on any atom is -0.370 e. The lowest BCUT2D eigenvalue weighted by molar-refractivity contribution is -0.123. The highest BCUT2D eigenvalue weighted by Crippen LogP contribution is 2.38. The molecule has 3 rings (SSSR count). The number of ether oxygens (including phenoxy) is 1. The standard InChI is InChI=1S/C21H33N3O2/c1-17(2)6-7-20(25)23-15-19-8-9-21(26-19)10-13-24(14-11-21)16-18-5-3-4-12-22-18/h3-5,12,17,19H,6-11,13-16H2,1-2H3,(H,23,25). The van der Waals surface area contributed by atoms with E-state index >= 15 is 0 Å². The van der Waals surface area contributed by atoms with Crippen molar-refractivity contribution in [1.82, 2.24) is 15.2 Å². The number of carbonyl (C=O) groups excluding carboxylic acids is 1. The SMILES string of the molecule is CC(C)CCC(=O)NCC1CCC2(CCN(Cc3ccccn3)CC2)O1. The smallest absolute Gasteiger partial charge is 0.220 e. The number of amides is 1. The Labute approximate surface area is 157 Å². The number of hydrogen-bond acceptors (Lipinski definition) is 4. The first-order valence-electron chi connectivity index (χ1n) is 10.1. The third-order valence-corrected chi connectivity index (χ3v) is 5.69. The fourth-order valence-electron chi connectivity index (χ4n) is 3.98. The number of hydrogen-bond donors (Lipinski definition) is 1. The van der Waals surface area contributed by atoms with Gasteiger partial charge in [-0.05, 0) is 50.2 Å². The third kappa shape index (κ3) is 5.52. The van der Waals surface area contributed by atoms with E-state index in [-0.39, 0.29) is 17.6 Å². The summed E-state index contributed by atoms with van der Waals surface area (Å²) < 4.78 is 6.41. The maximum absolute atomic E-state index is 11.9. The van der Waals surface area contributed by atoms with Gasteiger partial charge in [0.2, 0.25) is 5.91 Å². The second-order valence-corrected chi connectivity index (χ2v) is 8.30. The summed E-state index contributed by atoms with van der Waals surface area (Å²) >= 11 is 0. The molecule has 0 aliphatic carbocycles. The highest BCUT2D eigenvalue weighted by atomic mass is 16.5. The lowest BCUT2D eigenvalue weighted by atomic mass is 9.88. The Bertz CT molecular complexity index is 568. The number of pyridine rings is 1. The molecule has 2 saturated heterocycles. The zero-order valence-corrected chi connectivity index (χ0v) is 16.2. The van der Waals surface area contributed by atoms with Crippen LogP contribution >= 0.6 is 0 Å². The van der Waals surface area contributed by atoms with E-state index in [1.807, 2.05) is 18.3 Å². The topological polar surface area (TPSA) is 54.5 Å². The highest BCUT2D eigenvalue weighted by Gasteiger charge is 2.42. The molecule has 1 aromatic rings. The zero-order chi connectivity index (χ0) is 18.4. The van der Waals surface area contributed by atoms with E-state index in [0.29, 0.717) is 18.9 Å². The molecule has 0 aromatic carbocycles. The van der Waals surface area contributed by atoms with Crippen molar-refractivity contribution in [2.24, 2.45) is 5.92 Å². The van der Waals surface area contributed by atoms with Gasteiger partial charge in [0, 0.05) is 38.8 Å². The molecule has 2 fully saturated rings. The zero-order valence-electron chi connectivity index (χ0n) is 16.2. The van der Waals surface area contributed by atoms with Crippen molar-refractivity contribution in [3.8, 4) is 0 Å². The van der Waals surface area contributed by atoms with Gasteiger partial charge in [-0.2, -0.15) is 0 Å². The molecule has 0 bridgehead atoms. The average molecular weight is 360 g/mol. The van der Waals surface area contributed by atoms with Crippen molar-refractivity contribution in [3.63, 3.8) is 0 Å². The highest BCUT2D eigenvalue weighted by molar-refractivity contribution is 5.75. The number of carbonyl (C=O) groups is 1. The predicted molar refractivity (Wildman–Crippen MR) is 103 cm³/mol. The van der Waals surface area contributed by atoms with Crippen molar-refractivity contribution in [2.75, 3.05) is 19.6 Å². The number of nitrogens with zero attached hydrogens (tertiary/aromatic N) is 2. The molecule has 1 N–H and O–H groups in total. The fraction of sp³-hybridized carbons (Fsp3) is 0.714. The molecule has 144 valence electrons. The van der Waals surface area contributed by atoms with Gasteiger partial charge in [0.25, 0.3) is 0 Å². The molecule has 0 saturated carbocycles. The summed E-state index contributed by atoms with van der Waals surface area (Å²) in [5.74, 6) is 0.733. The van der Waals surface area contributed by atoms with Crippen molar-refractivity contribution in [3.05, 3.63) is 30.1 Å². The van der Waals surface area contributed by atoms with Crippen LogP contribution in [0.1, 0.15) is 58.1 Å². The van der Waals surface area contributed by atoms with Crippen LogP contribution in [-0.4, -0.2) is 47.1 Å². The van der Waals surface area contributed by atoms with Gasteiger partial charge in [0.15, 0.2) is 0 Å². The van der Waals surface area contributed by atoms with Gasteiger partial charge in [-0.1, -0.05) is 19.9 Å². The molecular weight excluding hydrogens is 326 g/mol. The number of piperidine rings is 1. The van der Waals surface area contributed by atoms with Crippen LogP contribution < -0.4 is 5.32 Å². The molecule has 1 unspecified atom stereocenters. The second-order valence-electron chi connectivity index (χ2n) is 8.30. The van der Waals surface area contributed by atoms with Gasteiger partial charge in [-0.3, -0.25) is 14.7 Å². The first kappa shape index (κ1) is 19.3.